The second-order valence-corrected chi connectivity index (χ2v) is 10.1. The smallest absolute Gasteiger partial charge is 0.373 e. The molecule has 2 aromatic rings. The first-order chi connectivity index (χ1) is 18.3. The van der Waals surface area contributed by atoms with Crippen molar-refractivity contribution >= 4 is 11.8 Å². The van der Waals surface area contributed by atoms with Gasteiger partial charge in [0.05, 0.1) is 23.8 Å². The SMILES string of the molecule is CC(=O)N1CCC(C(=O)N2CC[C@@H](OCc3cc(C(F)(F)F)cc(C(F)(F)F)c3)[C@@H](c3ccccc3)C2)CC1. The molecule has 0 aromatic heterocycles. The second-order valence-electron chi connectivity index (χ2n) is 10.1. The van der Waals surface area contributed by atoms with E-state index >= 15 is 0 Å². The lowest BCUT2D eigenvalue weighted by Gasteiger charge is -2.41. The molecule has 0 saturated carbocycles. The molecule has 2 saturated heterocycles. The molecule has 11 heteroatoms. The van der Waals surface area contributed by atoms with Crippen LogP contribution in [0.3, 0.4) is 0 Å². The van der Waals surface area contributed by atoms with E-state index in [0.717, 1.165) is 5.56 Å². The summed E-state index contributed by atoms with van der Waals surface area (Å²) >= 11 is 0. The number of likely N-dealkylation sites (tertiary alicyclic amines) is 2. The highest BCUT2D eigenvalue weighted by Crippen LogP contribution is 2.37. The Labute approximate surface area is 222 Å². The molecule has 2 amide bonds. The lowest BCUT2D eigenvalue weighted by Crippen LogP contribution is -2.49. The summed E-state index contributed by atoms with van der Waals surface area (Å²) in [7, 11) is 0. The average Bonchev–Trinajstić information content (AvgIpc) is 2.91. The number of rotatable bonds is 5. The van der Waals surface area contributed by atoms with Crippen molar-refractivity contribution in [1.29, 1.82) is 0 Å². The lowest BCUT2D eigenvalue weighted by atomic mass is 9.86. The van der Waals surface area contributed by atoms with Crippen LogP contribution in [0.1, 0.15) is 54.4 Å². The van der Waals surface area contributed by atoms with E-state index in [1.807, 2.05) is 30.3 Å². The lowest BCUT2D eigenvalue weighted by molar-refractivity contribution is -0.143. The number of carbonyl (C=O) groups is 2. The van der Waals surface area contributed by atoms with Crippen molar-refractivity contribution in [3.8, 4) is 0 Å². The molecule has 0 aliphatic carbocycles. The minimum atomic E-state index is -4.94. The number of alkyl halides is 6. The highest BCUT2D eigenvalue weighted by atomic mass is 19.4. The quantitative estimate of drug-likeness (QED) is 0.432. The van der Waals surface area contributed by atoms with E-state index in [1.165, 1.54) is 6.92 Å². The minimum absolute atomic E-state index is 0.00900. The molecule has 2 aromatic carbocycles. The van der Waals surface area contributed by atoms with Gasteiger partial charge in [-0.1, -0.05) is 30.3 Å². The zero-order valence-electron chi connectivity index (χ0n) is 21.4. The molecule has 0 spiro atoms. The maximum absolute atomic E-state index is 13.3. The molecule has 2 fully saturated rings. The molecular weight excluding hydrogens is 526 g/mol. The fourth-order valence-electron chi connectivity index (χ4n) is 5.36. The first kappa shape index (κ1) is 28.9. The Hall–Kier alpha value is -3.08. The Morgan fingerprint density at radius 2 is 1.41 bits per heavy atom. The van der Waals surface area contributed by atoms with Gasteiger partial charge in [-0.2, -0.15) is 26.3 Å². The van der Waals surface area contributed by atoms with Crippen molar-refractivity contribution in [1.82, 2.24) is 9.80 Å². The van der Waals surface area contributed by atoms with E-state index in [0.29, 0.717) is 57.6 Å². The summed E-state index contributed by atoms with van der Waals surface area (Å²) in [5.41, 5.74) is -2.12. The van der Waals surface area contributed by atoms with Crippen molar-refractivity contribution in [3.05, 3.63) is 70.8 Å². The summed E-state index contributed by atoms with van der Waals surface area (Å²) in [6.07, 6.45) is -8.86. The fourth-order valence-corrected chi connectivity index (χ4v) is 5.36. The Balaban J connectivity index is 1.49. The van der Waals surface area contributed by atoms with E-state index in [4.69, 9.17) is 4.74 Å². The van der Waals surface area contributed by atoms with Crippen LogP contribution in [0.15, 0.2) is 48.5 Å². The topological polar surface area (TPSA) is 49.9 Å². The predicted octanol–water partition coefficient (Wildman–Crippen LogP) is 5.88. The zero-order chi connectivity index (χ0) is 28.4. The molecular formula is C28H30F6N2O3. The molecule has 212 valence electrons. The van der Waals surface area contributed by atoms with Gasteiger partial charge in [0, 0.05) is 44.9 Å². The van der Waals surface area contributed by atoms with E-state index < -0.39 is 36.2 Å². The predicted molar refractivity (Wildman–Crippen MR) is 130 cm³/mol. The summed E-state index contributed by atoms with van der Waals surface area (Å²) < 4.78 is 85.7. The van der Waals surface area contributed by atoms with Gasteiger partial charge in [0.25, 0.3) is 0 Å². The maximum atomic E-state index is 13.3. The monoisotopic (exact) mass is 556 g/mol. The van der Waals surface area contributed by atoms with Crippen LogP contribution in [0.4, 0.5) is 26.3 Å². The number of benzene rings is 2. The summed E-state index contributed by atoms with van der Waals surface area (Å²) in [5.74, 6) is -0.550. The van der Waals surface area contributed by atoms with Crippen LogP contribution in [0.5, 0.6) is 0 Å². The van der Waals surface area contributed by atoms with Crippen molar-refractivity contribution in [2.75, 3.05) is 26.2 Å². The van der Waals surface area contributed by atoms with E-state index in [2.05, 4.69) is 0 Å². The van der Waals surface area contributed by atoms with Gasteiger partial charge in [-0.15, -0.1) is 0 Å². The van der Waals surface area contributed by atoms with Crippen LogP contribution in [0.25, 0.3) is 0 Å². The molecule has 0 radical (unpaired) electrons. The summed E-state index contributed by atoms with van der Waals surface area (Å²) in [5, 5.41) is 0. The maximum Gasteiger partial charge on any atom is 0.416 e. The number of carbonyl (C=O) groups excluding carboxylic acids is 2. The van der Waals surface area contributed by atoms with Gasteiger partial charge in [-0.3, -0.25) is 9.59 Å². The van der Waals surface area contributed by atoms with Gasteiger partial charge in [0.2, 0.25) is 11.8 Å². The van der Waals surface area contributed by atoms with Crippen LogP contribution in [-0.2, 0) is 33.3 Å². The van der Waals surface area contributed by atoms with Crippen molar-refractivity contribution in [2.24, 2.45) is 5.92 Å². The number of halogens is 6. The molecule has 2 aliphatic rings. The van der Waals surface area contributed by atoms with Gasteiger partial charge >= 0.3 is 12.4 Å². The van der Waals surface area contributed by atoms with Crippen LogP contribution in [0.2, 0.25) is 0 Å². The first-order valence-electron chi connectivity index (χ1n) is 12.8. The standard InChI is InChI=1S/C28H30F6N2O3/c1-18(37)35-10-7-21(8-11-35)26(38)36-12-9-25(24(16-36)20-5-3-2-4-6-20)39-17-19-13-22(27(29,30)31)15-23(14-19)28(32,33)34/h2-6,13-15,21,24-25H,7-12,16-17H2,1H3/t24-,25-/m1/s1. The van der Waals surface area contributed by atoms with E-state index in [1.54, 1.807) is 9.80 Å². The Morgan fingerprint density at radius 1 is 0.846 bits per heavy atom. The largest absolute Gasteiger partial charge is 0.416 e. The summed E-state index contributed by atoms with van der Waals surface area (Å²) in [6.45, 7) is 2.78. The molecule has 39 heavy (non-hydrogen) atoms. The van der Waals surface area contributed by atoms with Crippen LogP contribution >= 0.6 is 0 Å². The second kappa shape index (κ2) is 11.6. The fraction of sp³-hybridized carbons (Fsp3) is 0.500. The molecule has 0 bridgehead atoms. The number of hydrogen-bond acceptors (Lipinski definition) is 3. The van der Waals surface area contributed by atoms with E-state index in [-0.39, 0.29) is 35.3 Å². The Bertz CT molecular complexity index is 1130. The van der Waals surface area contributed by atoms with Gasteiger partial charge in [-0.25, -0.2) is 0 Å². The van der Waals surface area contributed by atoms with Crippen LogP contribution in [-0.4, -0.2) is 53.9 Å². The average molecular weight is 557 g/mol. The number of ether oxygens (including phenoxy) is 1. The summed E-state index contributed by atoms with van der Waals surface area (Å²) in [4.78, 5) is 28.4. The van der Waals surface area contributed by atoms with Crippen molar-refractivity contribution < 1.29 is 40.7 Å². The first-order valence-corrected chi connectivity index (χ1v) is 12.8. The van der Waals surface area contributed by atoms with Gasteiger partial charge in [0.15, 0.2) is 0 Å². The Morgan fingerprint density at radius 3 is 1.95 bits per heavy atom. The molecule has 2 heterocycles. The molecule has 4 rings (SSSR count). The van der Waals surface area contributed by atoms with Gasteiger partial charge in [-0.05, 0) is 48.6 Å². The number of hydrogen-bond donors (Lipinski definition) is 0. The molecule has 2 atom stereocenters. The van der Waals surface area contributed by atoms with Crippen molar-refractivity contribution in [3.63, 3.8) is 0 Å². The number of piperidine rings is 2. The molecule has 2 aliphatic heterocycles. The van der Waals surface area contributed by atoms with Crippen LogP contribution in [0, 0.1) is 5.92 Å². The normalized spacial score (nSPS) is 21.2. The van der Waals surface area contributed by atoms with Gasteiger partial charge < -0.3 is 14.5 Å². The third-order valence-corrected chi connectivity index (χ3v) is 7.49. The third-order valence-electron chi connectivity index (χ3n) is 7.49. The summed E-state index contributed by atoms with van der Waals surface area (Å²) in [6, 6.07) is 10.7. The number of amides is 2. The van der Waals surface area contributed by atoms with Crippen molar-refractivity contribution in [2.45, 2.75) is 57.2 Å². The minimum Gasteiger partial charge on any atom is -0.373 e. The highest BCUT2D eigenvalue weighted by molar-refractivity contribution is 5.80. The molecule has 5 nitrogen and oxygen atoms in total. The Kier molecular flexibility index (Phi) is 8.58. The molecule has 0 N–H and O–H groups in total. The van der Waals surface area contributed by atoms with Gasteiger partial charge in [0.1, 0.15) is 0 Å². The molecule has 0 unspecified atom stereocenters. The van der Waals surface area contributed by atoms with E-state index in [9.17, 15) is 35.9 Å². The number of nitrogens with zero attached hydrogens (tertiary/aromatic N) is 2. The third kappa shape index (κ3) is 7.12. The zero-order valence-corrected chi connectivity index (χ0v) is 21.4. The highest BCUT2D eigenvalue weighted by Gasteiger charge is 2.39. The van der Waals surface area contributed by atoms with Crippen LogP contribution < -0.4 is 0 Å².